The number of amides is 2. The molecule has 6 nitrogen and oxygen atoms in total. The molecule has 2 aromatic heterocycles. The van der Waals surface area contributed by atoms with Gasteiger partial charge >= 0.3 is 0 Å². The van der Waals surface area contributed by atoms with E-state index in [0.717, 1.165) is 16.3 Å². The Bertz CT molecular complexity index is 993. The second-order valence-corrected chi connectivity index (χ2v) is 9.62. The maximum Gasteiger partial charge on any atom is 0.231 e. The average Bonchev–Trinajstić information content (AvgIpc) is 3.42. The third-order valence-corrected chi connectivity index (χ3v) is 6.88. The van der Waals surface area contributed by atoms with E-state index in [4.69, 9.17) is 0 Å². The Kier molecular flexibility index (Phi) is 7.32. The molecule has 2 heterocycles. The highest BCUT2D eigenvalue weighted by atomic mass is 32.1. The number of rotatable bonds is 8. The molecule has 162 valence electrons. The predicted octanol–water partition coefficient (Wildman–Crippen LogP) is 5.31. The van der Waals surface area contributed by atoms with Crippen molar-refractivity contribution in [2.45, 2.75) is 51.0 Å². The van der Waals surface area contributed by atoms with Crippen molar-refractivity contribution >= 4 is 51.0 Å². The fourth-order valence-corrected chi connectivity index (χ4v) is 5.11. The maximum atomic E-state index is 12.4. The first-order valence-corrected chi connectivity index (χ1v) is 12.3. The van der Waals surface area contributed by atoms with E-state index < -0.39 is 0 Å². The van der Waals surface area contributed by atoms with Crippen LogP contribution < -0.4 is 16.0 Å². The lowest BCUT2D eigenvalue weighted by atomic mass is 9.95. The lowest BCUT2D eigenvalue weighted by molar-refractivity contribution is -0.116. The number of carbonyl (C=O) groups excluding carboxylic acids is 2. The minimum absolute atomic E-state index is 0.102. The van der Waals surface area contributed by atoms with Crippen LogP contribution >= 0.6 is 22.7 Å². The topological polar surface area (TPSA) is 83.1 Å². The number of aromatic nitrogens is 1. The number of thiophene rings is 1. The Hall–Kier alpha value is -2.71. The van der Waals surface area contributed by atoms with Gasteiger partial charge in [0.1, 0.15) is 0 Å². The van der Waals surface area contributed by atoms with E-state index in [1.807, 2.05) is 41.8 Å². The van der Waals surface area contributed by atoms with Crippen molar-refractivity contribution in [2.75, 3.05) is 16.0 Å². The molecule has 0 bridgehead atoms. The van der Waals surface area contributed by atoms with E-state index >= 15 is 0 Å². The fraction of sp³-hybridized carbons (Fsp3) is 0.348. The molecule has 3 aromatic rings. The minimum Gasteiger partial charge on any atom is -0.382 e. The number of hydrogen-bond donors (Lipinski definition) is 3. The van der Waals surface area contributed by atoms with Crippen molar-refractivity contribution in [1.82, 2.24) is 4.98 Å². The van der Waals surface area contributed by atoms with Gasteiger partial charge in [0.25, 0.3) is 0 Å². The van der Waals surface area contributed by atoms with Crippen LogP contribution in [0.4, 0.5) is 16.5 Å². The highest BCUT2D eigenvalue weighted by Gasteiger charge is 2.13. The largest absolute Gasteiger partial charge is 0.382 e. The summed E-state index contributed by atoms with van der Waals surface area (Å²) in [6.07, 6.45) is 6.87. The van der Waals surface area contributed by atoms with E-state index in [9.17, 15) is 9.59 Å². The van der Waals surface area contributed by atoms with Crippen molar-refractivity contribution in [3.63, 3.8) is 0 Å². The van der Waals surface area contributed by atoms with E-state index in [1.54, 1.807) is 16.7 Å². The lowest BCUT2D eigenvalue weighted by Crippen LogP contribution is -2.22. The Balaban J connectivity index is 1.23. The summed E-state index contributed by atoms with van der Waals surface area (Å²) < 4.78 is 0. The fourth-order valence-electron chi connectivity index (χ4n) is 3.68. The second kappa shape index (κ2) is 10.5. The number of benzene rings is 1. The zero-order valence-corrected chi connectivity index (χ0v) is 18.9. The molecule has 0 saturated heterocycles. The van der Waals surface area contributed by atoms with Gasteiger partial charge in [0.2, 0.25) is 11.8 Å². The van der Waals surface area contributed by atoms with Crippen LogP contribution in [0.25, 0.3) is 0 Å². The van der Waals surface area contributed by atoms with Crippen molar-refractivity contribution in [3.05, 3.63) is 57.7 Å². The molecular weight excluding hydrogens is 428 g/mol. The van der Waals surface area contributed by atoms with Crippen LogP contribution in [0.2, 0.25) is 0 Å². The Morgan fingerprint density at radius 2 is 1.65 bits per heavy atom. The van der Waals surface area contributed by atoms with Gasteiger partial charge in [0, 0.05) is 27.7 Å². The van der Waals surface area contributed by atoms with Crippen LogP contribution in [0.3, 0.4) is 0 Å². The van der Waals surface area contributed by atoms with Gasteiger partial charge in [-0.05, 0) is 48.6 Å². The molecule has 1 aliphatic carbocycles. The summed E-state index contributed by atoms with van der Waals surface area (Å²) in [5.41, 5.74) is 2.50. The van der Waals surface area contributed by atoms with Gasteiger partial charge in [-0.1, -0.05) is 25.3 Å². The molecule has 8 heteroatoms. The first kappa shape index (κ1) is 21.5. The van der Waals surface area contributed by atoms with Crippen LogP contribution in [0.1, 0.15) is 42.7 Å². The van der Waals surface area contributed by atoms with Gasteiger partial charge in [0.15, 0.2) is 5.13 Å². The van der Waals surface area contributed by atoms with Crippen molar-refractivity contribution < 1.29 is 9.59 Å². The van der Waals surface area contributed by atoms with Crippen LogP contribution in [-0.2, 0) is 22.4 Å². The summed E-state index contributed by atoms with van der Waals surface area (Å²) in [7, 11) is 0. The summed E-state index contributed by atoms with van der Waals surface area (Å²) in [4.78, 5) is 29.8. The number of carbonyl (C=O) groups is 2. The molecule has 3 N–H and O–H groups in total. The Labute approximate surface area is 190 Å². The van der Waals surface area contributed by atoms with Gasteiger partial charge in [-0.2, -0.15) is 0 Å². The number of nitrogens with zero attached hydrogens (tertiary/aromatic N) is 1. The van der Waals surface area contributed by atoms with Crippen LogP contribution in [-0.4, -0.2) is 22.8 Å². The quantitative estimate of drug-likeness (QED) is 0.431. The van der Waals surface area contributed by atoms with Gasteiger partial charge < -0.3 is 16.0 Å². The Morgan fingerprint density at radius 3 is 2.39 bits per heavy atom. The van der Waals surface area contributed by atoms with Crippen molar-refractivity contribution in [2.24, 2.45) is 0 Å². The lowest BCUT2D eigenvalue weighted by Gasteiger charge is -2.23. The standard InChI is InChI=1S/C23H26N4O2S2/c28-21(25-18-10-8-17(9-11-18)24-16-5-2-1-3-6-16)13-19-15-31-23(26-19)27-22(29)14-20-7-4-12-30-20/h4,7-12,15-16,24H,1-3,5-6,13-14H2,(H,25,28)(H,26,27,29). The summed E-state index contributed by atoms with van der Waals surface area (Å²) >= 11 is 2.88. The summed E-state index contributed by atoms with van der Waals surface area (Å²) in [5.74, 6) is -0.232. The molecule has 1 aliphatic rings. The van der Waals surface area contributed by atoms with Crippen molar-refractivity contribution in [3.8, 4) is 0 Å². The van der Waals surface area contributed by atoms with Gasteiger partial charge in [-0.25, -0.2) is 4.98 Å². The zero-order chi connectivity index (χ0) is 21.5. The molecular formula is C23H26N4O2S2. The second-order valence-electron chi connectivity index (χ2n) is 7.73. The maximum absolute atomic E-state index is 12.4. The molecule has 0 atom stereocenters. The first-order chi connectivity index (χ1) is 15.1. The van der Waals surface area contributed by atoms with Crippen molar-refractivity contribution in [1.29, 1.82) is 0 Å². The Morgan fingerprint density at radius 1 is 0.903 bits per heavy atom. The molecule has 1 saturated carbocycles. The van der Waals surface area contributed by atoms with Gasteiger partial charge in [-0.15, -0.1) is 22.7 Å². The monoisotopic (exact) mass is 454 g/mol. The minimum atomic E-state index is -0.130. The highest BCUT2D eigenvalue weighted by molar-refractivity contribution is 7.14. The number of thiazole rings is 1. The normalized spacial score (nSPS) is 14.2. The van der Waals surface area contributed by atoms with E-state index in [1.165, 1.54) is 43.4 Å². The number of anilines is 3. The smallest absolute Gasteiger partial charge is 0.231 e. The molecule has 0 aliphatic heterocycles. The molecule has 31 heavy (non-hydrogen) atoms. The molecule has 4 rings (SSSR count). The van der Waals surface area contributed by atoms with E-state index in [-0.39, 0.29) is 18.2 Å². The third-order valence-electron chi connectivity index (χ3n) is 5.20. The summed E-state index contributed by atoms with van der Waals surface area (Å²) in [6.45, 7) is 0. The van der Waals surface area contributed by atoms with Gasteiger partial charge in [0.05, 0.1) is 18.5 Å². The first-order valence-electron chi connectivity index (χ1n) is 10.6. The average molecular weight is 455 g/mol. The number of hydrogen-bond acceptors (Lipinski definition) is 6. The summed E-state index contributed by atoms with van der Waals surface area (Å²) in [5, 5.41) is 13.6. The molecule has 1 aromatic carbocycles. The van der Waals surface area contributed by atoms with Crippen LogP contribution in [0, 0.1) is 0 Å². The van der Waals surface area contributed by atoms with Gasteiger partial charge in [-0.3, -0.25) is 9.59 Å². The van der Waals surface area contributed by atoms with E-state index in [2.05, 4.69) is 20.9 Å². The van der Waals surface area contributed by atoms with Crippen LogP contribution in [0.5, 0.6) is 0 Å². The summed E-state index contributed by atoms with van der Waals surface area (Å²) in [6, 6.07) is 12.3. The molecule has 0 unspecified atom stereocenters. The SMILES string of the molecule is O=C(Cc1csc(NC(=O)Cc2cccs2)n1)Nc1ccc(NC2CCCCC2)cc1. The third kappa shape index (κ3) is 6.63. The molecule has 0 radical (unpaired) electrons. The molecule has 0 spiro atoms. The predicted molar refractivity (Wildman–Crippen MR) is 128 cm³/mol. The van der Waals surface area contributed by atoms with E-state index in [0.29, 0.717) is 23.3 Å². The van der Waals surface area contributed by atoms with Crippen LogP contribution in [0.15, 0.2) is 47.2 Å². The highest BCUT2D eigenvalue weighted by Crippen LogP contribution is 2.23. The molecule has 2 amide bonds. The number of nitrogens with one attached hydrogen (secondary N) is 3. The zero-order valence-electron chi connectivity index (χ0n) is 17.2. The molecule has 1 fully saturated rings.